The molecule has 1 aromatic heterocycles. The zero-order valence-electron chi connectivity index (χ0n) is 18.0. The molecule has 31 heavy (non-hydrogen) atoms. The van der Waals surface area contributed by atoms with Crippen LogP contribution in [0.1, 0.15) is 48.5 Å². The maximum absolute atomic E-state index is 12.8. The molecule has 0 saturated carbocycles. The number of amides is 3. The first-order valence-corrected chi connectivity index (χ1v) is 9.44. The molecule has 5 N–H and O–H groups in total. The van der Waals surface area contributed by atoms with E-state index in [2.05, 4.69) is 28.5 Å². The van der Waals surface area contributed by atoms with Crippen LogP contribution in [0.3, 0.4) is 0 Å². The van der Waals surface area contributed by atoms with Crippen molar-refractivity contribution in [3.63, 3.8) is 0 Å². The molecule has 9 nitrogen and oxygen atoms in total. The Balaban J connectivity index is 0. The van der Waals surface area contributed by atoms with Crippen molar-refractivity contribution in [1.82, 2.24) is 15.8 Å². The highest BCUT2D eigenvalue weighted by Gasteiger charge is 2.38. The number of aliphatic hydroxyl groups is 1. The van der Waals surface area contributed by atoms with Gasteiger partial charge in [0.05, 0.1) is 5.92 Å². The normalized spacial score (nSPS) is 13.4. The predicted molar refractivity (Wildman–Crippen MR) is 120 cm³/mol. The van der Waals surface area contributed by atoms with Gasteiger partial charge in [-0.25, -0.2) is 5.48 Å². The highest BCUT2D eigenvalue weighted by atomic mass is 16.5. The Bertz CT molecular complexity index is 714. The standard InChI is InChI=1S/C19H30N4O5.C2H2.CH4/c1-11(2)10-13(14(24)17(26)23-28)16(25)22-15(19(3,4)5)18(27)21-12-6-8-20-9-7-12;1-2;/h6-9,11,13-15,24,28H,10H2,1-5H3,(H,22,25)(H,23,26)(H,20,21,27);1-2H;1H4/t13-,14?,15?;;/m1../s1. The molecule has 174 valence electrons. The Kier molecular flexibility index (Phi) is 13.8. The summed E-state index contributed by atoms with van der Waals surface area (Å²) >= 11 is 0. The molecule has 2 unspecified atom stereocenters. The molecule has 1 heterocycles. The first-order valence-electron chi connectivity index (χ1n) is 9.44. The van der Waals surface area contributed by atoms with Crippen LogP contribution in [0.5, 0.6) is 0 Å². The summed E-state index contributed by atoms with van der Waals surface area (Å²) in [4.78, 5) is 41.1. The number of carbonyl (C=O) groups is 3. The third-order valence-corrected chi connectivity index (χ3v) is 4.18. The van der Waals surface area contributed by atoms with Crippen molar-refractivity contribution in [3.8, 4) is 12.8 Å². The second-order valence-corrected chi connectivity index (χ2v) is 8.19. The third-order valence-electron chi connectivity index (χ3n) is 4.18. The summed E-state index contributed by atoms with van der Waals surface area (Å²) in [7, 11) is 0. The lowest BCUT2D eigenvalue weighted by Gasteiger charge is -2.32. The van der Waals surface area contributed by atoms with Gasteiger partial charge in [0, 0.05) is 18.1 Å². The van der Waals surface area contributed by atoms with Gasteiger partial charge in [0.2, 0.25) is 11.8 Å². The Morgan fingerprint density at radius 2 is 1.58 bits per heavy atom. The molecule has 9 heteroatoms. The number of nitrogens with one attached hydrogen (secondary N) is 3. The van der Waals surface area contributed by atoms with E-state index >= 15 is 0 Å². The molecule has 3 atom stereocenters. The van der Waals surface area contributed by atoms with Gasteiger partial charge in [0.25, 0.3) is 5.91 Å². The Labute approximate surface area is 185 Å². The second-order valence-electron chi connectivity index (χ2n) is 8.19. The Morgan fingerprint density at radius 1 is 1.06 bits per heavy atom. The fourth-order valence-electron chi connectivity index (χ4n) is 2.71. The van der Waals surface area contributed by atoms with Crippen molar-refractivity contribution in [2.24, 2.45) is 17.3 Å². The van der Waals surface area contributed by atoms with Gasteiger partial charge in [-0.15, -0.1) is 12.8 Å². The number of carbonyl (C=O) groups excluding carboxylic acids is 3. The summed E-state index contributed by atoms with van der Waals surface area (Å²) in [5.74, 6) is -3.28. The van der Waals surface area contributed by atoms with Crippen LogP contribution >= 0.6 is 0 Å². The molecule has 1 aromatic rings. The monoisotopic (exact) mass is 436 g/mol. The third kappa shape index (κ3) is 10.1. The van der Waals surface area contributed by atoms with E-state index in [0.717, 1.165) is 0 Å². The molecule has 1 rings (SSSR count). The van der Waals surface area contributed by atoms with Gasteiger partial charge in [-0.1, -0.05) is 42.0 Å². The van der Waals surface area contributed by atoms with Crippen molar-refractivity contribution < 1.29 is 24.7 Å². The van der Waals surface area contributed by atoms with Gasteiger partial charge >= 0.3 is 0 Å². The number of anilines is 1. The van der Waals surface area contributed by atoms with Crippen LogP contribution in [-0.2, 0) is 14.4 Å². The fourth-order valence-corrected chi connectivity index (χ4v) is 2.71. The largest absolute Gasteiger partial charge is 0.382 e. The SMILES string of the molecule is C.C#C.CC(C)C[C@@H](C(=O)NC(C(=O)Nc1ccncc1)C(C)(C)C)C(O)C(=O)NO. The van der Waals surface area contributed by atoms with Crippen molar-refractivity contribution in [2.75, 3.05) is 5.32 Å². The minimum absolute atomic E-state index is 0. The van der Waals surface area contributed by atoms with E-state index in [0.29, 0.717) is 5.69 Å². The number of hydroxylamine groups is 1. The fraction of sp³-hybridized carbons (Fsp3) is 0.545. The Hall–Kier alpha value is -2.96. The minimum Gasteiger partial charge on any atom is -0.382 e. The van der Waals surface area contributed by atoms with Crippen molar-refractivity contribution >= 4 is 23.4 Å². The molecule has 0 bridgehead atoms. The van der Waals surface area contributed by atoms with Crippen LogP contribution in [0.4, 0.5) is 5.69 Å². The first-order chi connectivity index (χ1) is 14.0. The van der Waals surface area contributed by atoms with Crippen LogP contribution < -0.4 is 16.1 Å². The van der Waals surface area contributed by atoms with E-state index in [4.69, 9.17) is 5.21 Å². The predicted octanol–water partition coefficient (Wildman–Crippen LogP) is 1.97. The number of terminal acetylenes is 1. The minimum atomic E-state index is -1.74. The number of hydrogen-bond donors (Lipinski definition) is 5. The van der Waals surface area contributed by atoms with E-state index in [9.17, 15) is 19.5 Å². The van der Waals surface area contributed by atoms with E-state index in [1.54, 1.807) is 32.9 Å². The van der Waals surface area contributed by atoms with Crippen LogP contribution in [0.25, 0.3) is 0 Å². The summed E-state index contributed by atoms with van der Waals surface area (Å²) in [5.41, 5.74) is 1.25. The molecule has 0 saturated heterocycles. The number of rotatable bonds is 8. The molecule has 0 radical (unpaired) electrons. The quantitative estimate of drug-likeness (QED) is 0.240. The highest BCUT2D eigenvalue weighted by Crippen LogP contribution is 2.23. The summed E-state index contributed by atoms with van der Waals surface area (Å²) in [6, 6.07) is 2.32. The topological polar surface area (TPSA) is 141 Å². The summed E-state index contributed by atoms with van der Waals surface area (Å²) in [6.45, 7) is 9.04. The molecule has 0 aliphatic carbocycles. The molecule has 0 spiro atoms. The molecule has 0 aromatic carbocycles. The van der Waals surface area contributed by atoms with Gasteiger partial charge in [0.1, 0.15) is 12.1 Å². The van der Waals surface area contributed by atoms with Crippen molar-refractivity contribution in [2.45, 2.75) is 60.6 Å². The Morgan fingerprint density at radius 3 is 2.00 bits per heavy atom. The summed E-state index contributed by atoms with van der Waals surface area (Å²) in [6.07, 6.45) is 9.52. The molecule has 0 aliphatic heterocycles. The van der Waals surface area contributed by atoms with Crippen LogP contribution in [-0.4, -0.2) is 45.2 Å². The lowest BCUT2D eigenvalue weighted by atomic mass is 9.84. The highest BCUT2D eigenvalue weighted by molar-refractivity contribution is 5.98. The average Bonchev–Trinajstić information content (AvgIpc) is 2.70. The molecular weight excluding hydrogens is 400 g/mol. The van der Waals surface area contributed by atoms with Crippen LogP contribution in [0.2, 0.25) is 0 Å². The average molecular weight is 437 g/mol. The lowest BCUT2D eigenvalue weighted by molar-refractivity contribution is -0.147. The number of aromatic nitrogens is 1. The van der Waals surface area contributed by atoms with E-state index in [1.165, 1.54) is 17.9 Å². The zero-order valence-corrected chi connectivity index (χ0v) is 18.0. The van der Waals surface area contributed by atoms with E-state index in [1.807, 2.05) is 13.8 Å². The second kappa shape index (κ2) is 14.1. The number of pyridine rings is 1. The smallest absolute Gasteiger partial charge is 0.272 e. The number of aliphatic hydroxyl groups excluding tert-OH is 1. The zero-order chi connectivity index (χ0) is 23.5. The molecule has 3 amide bonds. The summed E-state index contributed by atoms with van der Waals surface area (Å²) < 4.78 is 0. The molecule has 0 aliphatic rings. The summed E-state index contributed by atoms with van der Waals surface area (Å²) in [5, 5.41) is 24.3. The maximum atomic E-state index is 12.8. The first kappa shape index (κ1) is 30.2. The van der Waals surface area contributed by atoms with Gasteiger partial charge in [0.15, 0.2) is 0 Å². The van der Waals surface area contributed by atoms with Gasteiger partial charge in [-0.05, 0) is 29.9 Å². The van der Waals surface area contributed by atoms with Crippen LogP contribution in [0, 0.1) is 30.1 Å². The van der Waals surface area contributed by atoms with E-state index in [-0.39, 0.29) is 19.8 Å². The van der Waals surface area contributed by atoms with Gasteiger partial charge in [-0.2, -0.15) is 0 Å². The maximum Gasteiger partial charge on any atom is 0.272 e. The van der Waals surface area contributed by atoms with Crippen molar-refractivity contribution in [3.05, 3.63) is 24.5 Å². The van der Waals surface area contributed by atoms with Gasteiger partial charge < -0.3 is 15.7 Å². The van der Waals surface area contributed by atoms with Crippen LogP contribution in [0.15, 0.2) is 24.5 Å². The van der Waals surface area contributed by atoms with Crippen molar-refractivity contribution in [1.29, 1.82) is 0 Å². The lowest BCUT2D eigenvalue weighted by Crippen LogP contribution is -2.55. The van der Waals surface area contributed by atoms with E-state index < -0.39 is 41.2 Å². The molecule has 0 fully saturated rings. The van der Waals surface area contributed by atoms with Gasteiger partial charge in [-0.3, -0.25) is 24.6 Å². The number of hydrogen-bond acceptors (Lipinski definition) is 6. The molecular formula is C22H36N4O5. The number of nitrogens with zero attached hydrogens (tertiary/aromatic N) is 1.